The van der Waals surface area contributed by atoms with Gasteiger partial charge < -0.3 is 24.1 Å². The van der Waals surface area contributed by atoms with Crippen LogP contribution in [0.1, 0.15) is 38.9 Å². The van der Waals surface area contributed by atoms with Crippen molar-refractivity contribution in [2.45, 2.75) is 45.7 Å². The molecule has 0 aliphatic carbocycles. The Hall–Kier alpha value is -3.50. The number of halogens is 2. The summed E-state index contributed by atoms with van der Waals surface area (Å²) < 4.78 is 38.9. The van der Waals surface area contributed by atoms with Gasteiger partial charge in [-0.3, -0.25) is 4.98 Å². The Balaban J connectivity index is 1.98. The number of imidazole rings is 1. The highest BCUT2D eigenvalue weighted by Crippen LogP contribution is 2.33. The predicted molar refractivity (Wildman–Crippen MR) is 119 cm³/mol. The summed E-state index contributed by atoms with van der Waals surface area (Å²) in [4.78, 5) is 27.4. The number of aromatic nitrogens is 4. The van der Waals surface area contributed by atoms with Gasteiger partial charge in [0.05, 0.1) is 43.9 Å². The Bertz CT molecular complexity index is 1110. The number of carbonyl (C=O) groups excluding carboxylic acids is 1. The molecule has 178 valence electrons. The fourth-order valence-corrected chi connectivity index (χ4v) is 3.56. The van der Waals surface area contributed by atoms with Gasteiger partial charge in [0, 0.05) is 30.7 Å². The number of carbonyl (C=O) groups is 1. The largest absolute Gasteiger partial charge is 0.494 e. The molecule has 0 aliphatic rings. The highest BCUT2D eigenvalue weighted by Gasteiger charge is 2.27. The molecule has 3 aromatic heterocycles. The number of pyridine rings is 1. The van der Waals surface area contributed by atoms with Crippen molar-refractivity contribution >= 4 is 11.7 Å². The van der Waals surface area contributed by atoms with Crippen molar-refractivity contribution in [3.05, 3.63) is 36.5 Å². The molecular weight excluding hydrogens is 434 g/mol. The molecule has 3 aromatic rings. The van der Waals surface area contributed by atoms with E-state index in [4.69, 9.17) is 9.47 Å². The Kier molecular flexibility index (Phi) is 7.62. The second kappa shape index (κ2) is 10.4. The van der Waals surface area contributed by atoms with Crippen molar-refractivity contribution < 1.29 is 23.0 Å². The number of hydrogen-bond donors (Lipinski definition) is 1. The summed E-state index contributed by atoms with van der Waals surface area (Å²) in [5.74, 6) is 0.828. The first kappa shape index (κ1) is 24.1. The Morgan fingerprint density at radius 1 is 1.24 bits per heavy atom. The number of methoxy groups -OCH3 is 2. The van der Waals surface area contributed by atoms with E-state index in [0.29, 0.717) is 40.8 Å². The topological polar surface area (TPSA) is 93.9 Å². The van der Waals surface area contributed by atoms with Crippen LogP contribution in [0.2, 0.25) is 0 Å². The first-order valence-corrected chi connectivity index (χ1v) is 10.6. The monoisotopic (exact) mass is 462 g/mol. The van der Waals surface area contributed by atoms with Crippen LogP contribution in [0.4, 0.5) is 13.6 Å². The quantitative estimate of drug-likeness (QED) is 0.518. The average molecular weight is 463 g/mol. The minimum atomic E-state index is -2.64. The zero-order valence-corrected chi connectivity index (χ0v) is 19.2. The first-order valence-electron chi connectivity index (χ1n) is 10.6. The average Bonchev–Trinajstić information content (AvgIpc) is 3.30. The number of nitrogens with zero attached hydrogens (tertiary/aromatic N) is 5. The molecule has 0 aromatic carbocycles. The van der Waals surface area contributed by atoms with Gasteiger partial charge in [0.15, 0.2) is 5.65 Å². The van der Waals surface area contributed by atoms with Crippen LogP contribution in [0.25, 0.3) is 16.9 Å². The summed E-state index contributed by atoms with van der Waals surface area (Å²) in [6.07, 6.45) is 4.24. The molecule has 0 bridgehead atoms. The third-order valence-electron chi connectivity index (χ3n) is 5.47. The lowest BCUT2D eigenvalue weighted by Crippen LogP contribution is -2.48. The van der Waals surface area contributed by atoms with Gasteiger partial charge in [-0.1, -0.05) is 6.92 Å². The number of fused-ring (bicyclic) bond motifs is 1. The highest BCUT2D eigenvalue weighted by molar-refractivity contribution is 5.75. The third-order valence-corrected chi connectivity index (χ3v) is 5.47. The molecule has 0 radical (unpaired) electrons. The number of alkyl halides is 2. The van der Waals surface area contributed by atoms with Crippen molar-refractivity contribution in [2.75, 3.05) is 20.8 Å². The standard InChI is InChI=1S/C22H28F2N6O3/c1-6-15(19(23)24)28-22(31)30(7-2)13(3)16-10-14(18(32-4)11-26-16)17-12-29-9-8-25-20(29)21(27-17)33-5/h8-13,15,19H,6-7H2,1-5H3,(H,28,31)/t13-,15?/m1/s1. The minimum Gasteiger partial charge on any atom is -0.494 e. The number of nitrogens with one attached hydrogen (secondary N) is 1. The van der Waals surface area contributed by atoms with Gasteiger partial charge in [0.25, 0.3) is 12.3 Å². The normalized spacial score (nSPS) is 13.1. The van der Waals surface area contributed by atoms with Crippen LogP contribution in [0.15, 0.2) is 30.9 Å². The summed E-state index contributed by atoms with van der Waals surface area (Å²) in [6.45, 7) is 5.48. The number of urea groups is 1. The van der Waals surface area contributed by atoms with Gasteiger partial charge in [-0.15, -0.1) is 0 Å². The molecule has 0 spiro atoms. The van der Waals surface area contributed by atoms with E-state index in [-0.39, 0.29) is 6.42 Å². The molecule has 0 aliphatic heterocycles. The van der Waals surface area contributed by atoms with Crippen LogP contribution < -0.4 is 14.8 Å². The molecule has 3 rings (SSSR count). The molecule has 2 atom stereocenters. The second-order valence-electron chi connectivity index (χ2n) is 7.36. The lowest BCUT2D eigenvalue weighted by molar-refractivity contribution is 0.0925. The van der Waals surface area contributed by atoms with Crippen molar-refractivity contribution in [1.82, 2.24) is 29.6 Å². The van der Waals surface area contributed by atoms with Crippen LogP contribution in [0.3, 0.4) is 0 Å². The third kappa shape index (κ3) is 4.96. The van der Waals surface area contributed by atoms with Gasteiger partial charge >= 0.3 is 6.03 Å². The Morgan fingerprint density at radius 2 is 2.00 bits per heavy atom. The second-order valence-corrected chi connectivity index (χ2v) is 7.36. The molecule has 1 N–H and O–H groups in total. The van der Waals surface area contributed by atoms with E-state index in [1.165, 1.54) is 19.1 Å². The molecule has 9 nitrogen and oxygen atoms in total. The first-order chi connectivity index (χ1) is 15.8. The maximum atomic E-state index is 13.1. The Morgan fingerprint density at radius 3 is 2.61 bits per heavy atom. The van der Waals surface area contributed by atoms with E-state index in [9.17, 15) is 13.6 Å². The van der Waals surface area contributed by atoms with E-state index >= 15 is 0 Å². The van der Waals surface area contributed by atoms with Crippen molar-refractivity contribution in [3.63, 3.8) is 0 Å². The van der Waals surface area contributed by atoms with E-state index in [1.54, 1.807) is 56.0 Å². The number of rotatable bonds is 9. The zero-order chi connectivity index (χ0) is 24.1. The molecule has 2 amide bonds. The summed E-state index contributed by atoms with van der Waals surface area (Å²) in [5.41, 5.74) is 2.32. The SMILES string of the molecule is CCC(NC(=O)N(CC)[C@H](C)c1cc(-c2cn3ccnc3c(OC)n2)c(OC)cn1)C(F)F. The highest BCUT2D eigenvalue weighted by atomic mass is 19.3. The number of amides is 2. The summed E-state index contributed by atoms with van der Waals surface area (Å²) in [7, 11) is 3.04. The van der Waals surface area contributed by atoms with Crippen molar-refractivity contribution in [2.24, 2.45) is 0 Å². The fourth-order valence-electron chi connectivity index (χ4n) is 3.56. The molecule has 0 saturated carbocycles. The molecular formula is C22H28F2N6O3. The lowest BCUT2D eigenvalue weighted by atomic mass is 10.1. The van der Waals surface area contributed by atoms with E-state index in [1.807, 2.05) is 0 Å². The summed E-state index contributed by atoms with van der Waals surface area (Å²) in [5, 5.41) is 2.41. The maximum Gasteiger partial charge on any atom is 0.318 e. The minimum absolute atomic E-state index is 0.129. The zero-order valence-electron chi connectivity index (χ0n) is 19.2. The van der Waals surface area contributed by atoms with Gasteiger partial charge in [-0.05, 0) is 26.3 Å². The number of ether oxygens (including phenoxy) is 2. The lowest BCUT2D eigenvalue weighted by Gasteiger charge is -2.30. The van der Waals surface area contributed by atoms with Gasteiger partial charge in [0.2, 0.25) is 0 Å². The van der Waals surface area contributed by atoms with Crippen molar-refractivity contribution in [3.8, 4) is 22.9 Å². The summed E-state index contributed by atoms with van der Waals surface area (Å²) >= 11 is 0. The van der Waals surface area contributed by atoms with Crippen LogP contribution in [-0.2, 0) is 0 Å². The molecule has 1 unspecified atom stereocenters. The van der Waals surface area contributed by atoms with E-state index in [2.05, 4.69) is 20.3 Å². The van der Waals surface area contributed by atoms with E-state index in [0.717, 1.165) is 0 Å². The Labute approximate surface area is 190 Å². The molecule has 0 saturated heterocycles. The fraction of sp³-hybridized carbons (Fsp3) is 0.455. The van der Waals surface area contributed by atoms with Gasteiger partial charge in [-0.2, -0.15) is 0 Å². The van der Waals surface area contributed by atoms with Crippen LogP contribution in [-0.4, -0.2) is 63.5 Å². The van der Waals surface area contributed by atoms with Crippen LogP contribution in [0, 0.1) is 0 Å². The molecule has 0 fully saturated rings. The number of hydrogen-bond acceptors (Lipinski definition) is 6. The molecule has 3 heterocycles. The van der Waals surface area contributed by atoms with E-state index < -0.39 is 24.5 Å². The molecule has 11 heteroatoms. The summed E-state index contributed by atoms with van der Waals surface area (Å²) in [6, 6.07) is -0.504. The smallest absolute Gasteiger partial charge is 0.318 e. The van der Waals surface area contributed by atoms with Gasteiger partial charge in [0.1, 0.15) is 5.75 Å². The van der Waals surface area contributed by atoms with Gasteiger partial charge in [-0.25, -0.2) is 23.5 Å². The van der Waals surface area contributed by atoms with Crippen LogP contribution >= 0.6 is 0 Å². The van der Waals surface area contributed by atoms with Crippen LogP contribution in [0.5, 0.6) is 11.6 Å². The predicted octanol–water partition coefficient (Wildman–Crippen LogP) is 3.94. The maximum absolute atomic E-state index is 13.1. The van der Waals surface area contributed by atoms with Crippen molar-refractivity contribution in [1.29, 1.82) is 0 Å². The molecule has 33 heavy (non-hydrogen) atoms.